The minimum atomic E-state index is -0.235. The summed E-state index contributed by atoms with van der Waals surface area (Å²) in [6, 6.07) is 7.91. The fraction of sp³-hybridized carbons (Fsp3) is 0.522. The number of fused-ring (bicyclic) bond motifs is 1. The third kappa shape index (κ3) is 4.21. The van der Waals surface area contributed by atoms with Gasteiger partial charge in [-0.1, -0.05) is 19.1 Å². The lowest BCUT2D eigenvalue weighted by Gasteiger charge is -2.32. The van der Waals surface area contributed by atoms with Gasteiger partial charge in [-0.3, -0.25) is 19.3 Å². The van der Waals surface area contributed by atoms with Crippen molar-refractivity contribution in [1.29, 1.82) is 0 Å². The molecule has 6 heteroatoms. The fourth-order valence-corrected chi connectivity index (χ4v) is 4.55. The lowest BCUT2D eigenvalue weighted by Crippen LogP contribution is -2.34. The van der Waals surface area contributed by atoms with Crippen molar-refractivity contribution in [2.45, 2.75) is 39.0 Å². The van der Waals surface area contributed by atoms with Crippen LogP contribution in [-0.4, -0.2) is 42.3 Å². The number of piperidine rings is 1. The van der Waals surface area contributed by atoms with Gasteiger partial charge < -0.3 is 10.2 Å². The Hall–Kier alpha value is -2.63. The van der Waals surface area contributed by atoms with E-state index in [1.165, 1.54) is 23.4 Å². The highest BCUT2D eigenvalue weighted by molar-refractivity contribution is 6.05. The molecule has 2 saturated heterocycles. The van der Waals surface area contributed by atoms with Gasteiger partial charge in [-0.25, -0.2) is 0 Å². The minimum Gasteiger partial charge on any atom is -0.372 e. The molecule has 2 unspecified atom stereocenters. The number of carbonyl (C=O) groups excluding carboxylic acids is 3. The van der Waals surface area contributed by atoms with E-state index in [1.54, 1.807) is 0 Å². The molecule has 6 nitrogen and oxygen atoms in total. The summed E-state index contributed by atoms with van der Waals surface area (Å²) in [6.45, 7) is 4.59. The summed E-state index contributed by atoms with van der Waals surface area (Å²) >= 11 is 0. The first-order chi connectivity index (χ1) is 14.0. The van der Waals surface area contributed by atoms with E-state index >= 15 is 0 Å². The number of allylic oxidation sites excluding steroid dienone is 2. The van der Waals surface area contributed by atoms with Gasteiger partial charge in [0, 0.05) is 37.4 Å². The lowest BCUT2D eigenvalue weighted by atomic mass is 9.85. The Labute approximate surface area is 171 Å². The molecular formula is C23H29N3O3. The second-order valence-corrected chi connectivity index (χ2v) is 8.50. The Morgan fingerprint density at radius 1 is 1.00 bits per heavy atom. The van der Waals surface area contributed by atoms with E-state index in [0.29, 0.717) is 12.8 Å². The zero-order valence-corrected chi connectivity index (χ0v) is 17.0. The van der Waals surface area contributed by atoms with Crippen molar-refractivity contribution in [3.05, 3.63) is 36.4 Å². The summed E-state index contributed by atoms with van der Waals surface area (Å²) in [7, 11) is 0. The topological polar surface area (TPSA) is 69.7 Å². The Morgan fingerprint density at radius 3 is 2.17 bits per heavy atom. The van der Waals surface area contributed by atoms with Crippen molar-refractivity contribution in [3.8, 4) is 0 Å². The number of hydrogen-bond donors (Lipinski definition) is 1. The van der Waals surface area contributed by atoms with Crippen LogP contribution >= 0.6 is 0 Å². The third-order valence-corrected chi connectivity index (χ3v) is 6.46. The molecule has 1 aliphatic carbocycles. The predicted molar refractivity (Wildman–Crippen MR) is 112 cm³/mol. The van der Waals surface area contributed by atoms with E-state index in [9.17, 15) is 14.4 Å². The number of nitrogens with one attached hydrogen (secondary N) is 1. The average molecular weight is 396 g/mol. The Bertz CT molecular complexity index is 783. The molecule has 0 aromatic heterocycles. The zero-order chi connectivity index (χ0) is 20.4. The maximum absolute atomic E-state index is 12.5. The number of anilines is 2. The molecule has 1 aromatic carbocycles. The molecule has 0 bridgehead atoms. The normalized spacial score (nSPS) is 24.7. The van der Waals surface area contributed by atoms with Crippen molar-refractivity contribution in [3.63, 3.8) is 0 Å². The summed E-state index contributed by atoms with van der Waals surface area (Å²) in [5.41, 5.74) is 1.92. The van der Waals surface area contributed by atoms with Crippen LogP contribution in [0.2, 0.25) is 0 Å². The van der Waals surface area contributed by atoms with Gasteiger partial charge in [-0.05, 0) is 55.9 Å². The molecule has 0 saturated carbocycles. The SMILES string of the molecule is CC1CCN(c2ccc(NC(=O)CCN3C(=O)C4CC=CCC4C3=O)cc2)CC1. The molecule has 2 aliphatic heterocycles. The standard InChI is InChI=1S/C23H29N3O3/c1-16-10-13-25(14-11-16)18-8-6-17(7-9-18)24-21(27)12-15-26-22(28)19-4-2-3-5-20(19)23(26)29/h2-3,6-9,16,19-20H,4-5,10-15H2,1H3,(H,24,27). The molecule has 0 radical (unpaired) electrons. The van der Waals surface area contributed by atoms with Crippen molar-refractivity contribution in [2.75, 3.05) is 29.9 Å². The van der Waals surface area contributed by atoms with Gasteiger partial charge in [0.25, 0.3) is 0 Å². The first kappa shape index (κ1) is 19.7. The van der Waals surface area contributed by atoms with Crippen LogP contribution in [0.1, 0.15) is 39.0 Å². The third-order valence-electron chi connectivity index (χ3n) is 6.46. The van der Waals surface area contributed by atoms with Crippen LogP contribution in [0.15, 0.2) is 36.4 Å². The van der Waals surface area contributed by atoms with Crippen LogP contribution < -0.4 is 10.2 Å². The molecule has 3 aliphatic rings. The summed E-state index contributed by atoms with van der Waals surface area (Å²) in [6.07, 6.45) is 7.73. The Morgan fingerprint density at radius 2 is 1.59 bits per heavy atom. The highest BCUT2D eigenvalue weighted by atomic mass is 16.2. The molecule has 4 rings (SSSR count). The smallest absolute Gasteiger partial charge is 0.233 e. The van der Waals surface area contributed by atoms with E-state index in [2.05, 4.69) is 17.1 Å². The number of carbonyl (C=O) groups is 3. The van der Waals surface area contributed by atoms with Gasteiger partial charge in [0.2, 0.25) is 17.7 Å². The largest absolute Gasteiger partial charge is 0.372 e. The minimum absolute atomic E-state index is 0.121. The highest BCUT2D eigenvalue weighted by Gasteiger charge is 2.46. The van der Waals surface area contributed by atoms with Crippen LogP contribution in [0.5, 0.6) is 0 Å². The van der Waals surface area contributed by atoms with Gasteiger partial charge in [0.15, 0.2) is 0 Å². The second-order valence-electron chi connectivity index (χ2n) is 8.50. The summed E-state index contributed by atoms with van der Waals surface area (Å²) in [4.78, 5) is 40.9. The lowest BCUT2D eigenvalue weighted by molar-refractivity contribution is -0.140. The summed E-state index contributed by atoms with van der Waals surface area (Å²) in [5, 5.41) is 2.88. The van der Waals surface area contributed by atoms with Crippen molar-refractivity contribution in [2.24, 2.45) is 17.8 Å². The van der Waals surface area contributed by atoms with Crippen LogP contribution in [0.3, 0.4) is 0 Å². The first-order valence-electron chi connectivity index (χ1n) is 10.7. The molecule has 154 valence electrons. The quantitative estimate of drug-likeness (QED) is 0.614. The molecule has 2 atom stereocenters. The van der Waals surface area contributed by atoms with E-state index < -0.39 is 0 Å². The number of nitrogens with zero attached hydrogens (tertiary/aromatic N) is 2. The van der Waals surface area contributed by atoms with Gasteiger partial charge >= 0.3 is 0 Å². The molecule has 2 fully saturated rings. The first-order valence-corrected chi connectivity index (χ1v) is 10.7. The zero-order valence-electron chi connectivity index (χ0n) is 17.0. The van der Waals surface area contributed by atoms with Crippen molar-refractivity contribution in [1.82, 2.24) is 4.90 Å². The number of likely N-dealkylation sites (tertiary alicyclic amines) is 1. The maximum Gasteiger partial charge on any atom is 0.233 e. The van der Waals surface area contributed by atoms with Crippen molar-refractivity contribution >= 4 is 29.1 Å². The van der Waals surface area contributed by atoms with Gasteiger partial charge in [-0.2, -0.15) is 0 Å². The van der Waals surface area contributed by atoms with Gasteiger partial charge in [0.1, 0.15) is 0 Å². The van der Waals surface area contributed by atoms with Crippen LogP contribution in [-0.2, 0) is 14.4 Å². The number of hydrogen-bond acceptors (Lipinski definition) is 4. The average Bonchev–Trinajstić information content (AvgIpc) is 2.98. The molecule has 29 heavy (non-hydrogen) atoms. The monoisotopic (exact) mass is 395 g/mol. The fourth-order valence-electron chi connectivity index (χ4n) is 4.55. The van der Waals surface area contributed by atoms with E-state index in [4.69, 9.17) is 0 Å². The molecule has 3 amide bonds. The molecular weight excluding hydrogens is 366 g/mol. The van der Waals surface area contributed by atoms with E-state index in [-0.39, 0.29) is 42.5 Å². The summed E-state index contributed by atoms with van der Waals surface area (Å²) in [5.74, 6) is -0.117. The second kappa shape index (κ2) is 8.39. The number of rotatable bonds is 5. The molecule has 1 aromatic rings. The van der Waals surface area contributed by atoms with Gasteiger partial charge in [0.05, 0.1) is 11.8 Å². The van der Waals surface area contributed by atoms with Crippen LogP contribution in [0.4, 0.5) is 11.4 Å². The Kier molecular flexibility index (Phi) is 5.69. The Balaban J connectivity index is 1.28. The van der Waals surface area contributed by atoms with Crippen LogP contribution in [0.25, 0.3) is 0 Å². The predicted octanol–water partition coefficient (Wildman–Crippen LogP) is 3.20. The molecule has 1 N–H and O–H groups in total. The van der Waals surface area contributed by atoms with Gasteiger partial charge in [-0.15, -0.1) is 0 Å². The highest BCUT2D eigenvalue weighted by Crippen LogP contribution is 2.35. The van der Waals surface area contributed by atoms with Crippen LogP contribution in [0, 0.1) is 17.8 Å². The number of benzene rings is 1. The van der Waals surface area contributed by atoms with Crippen molar-refractivity contribution < 1.29 is 14.4 Å². The van der Waals surface area contributed by atoms with E-state index in [1.807, 2.05) is 36.4 Å². The molecule has 2 heterocycles. The maximum atomic E-state index is 12.5. The molecule has 0 spiro atoms. The number of amides is 3. The van der Waals surface area contributed by atoms with E-state index in [0.717, 1.165) is 24.7 Å². The summed E-state index contributed by atoms with van der Waals surface area (Å²) < 4.78 is 0. The number of imide groups is 1.